The molecule has 2 aromatic rings. The average molecular weight is 248 g/mol. The molecule has 2 heterocycles. The van der Waals surface area contributed by atoms with Crippen molar-refractivity contribution >= 4 is 22.9 Å². The van der Waals surface area contributed by atoms with Gasteiger partial charge in [-0.15, -0.1) is 0 Å². The highest BCUT2D eigenvalue weighted by atomic mass is 19.1. The number of para-hydroxylation sites is 1. The number of likely N-dealkylation sites (tertiary alicyclic amines) is 1. The predicted octanol–water partition coefficient (Wildman–Crippen LogP) is 1.16. The van der Waals surface area contributed by atoms with Crippen LogP contribution in [0.1, 0.15) is 12.5 Å². The minimum atomic E-state index is -0.420. The Morgan fingerprint density at radius 1 is 1.50 bits per heavy atom. The number of carbonyl (C=O) groups excluding carboxylic acids is 1. The van der Waals surface area contributed by atoms with Crippen molar-refractivity contribution in [2.45, 2.75) is 12.5 Å². The second-order valence-electron chi connectivity index (χ2n) is 4.51. The van der Waals surface area contributed by atoms with Crippen molar-refractivity contribution in [2.75, 3.05) is 19.3 Å². The van der Waals surface area contributed by atoms with Crippen molar-refractivity contribution < 1.29 is 9.18 Å². The van der Waals surface area contributed by atoms with Gasteiger partial charge in [0.2, 0.25) is 11.9 Å². The molecule has 1 unspecified atom stereocenters. The van der Waals surface area contributed by atoms with Gasteiger partial charge in [-0.1, -0.05) is 6.07 Å². The number of hydrogen-bond donors (Lipinski definition) is 1. The van der Waals surface area contributed by atoms with Crippen LogP contribution in [0.25, 0.3) is 11.0 Å². The molecule has 1 aliphatic rings. The highest BCUT2D eigenvalue weighted by Gasteiger charge is 2.33. The Kier molecular flexibility index (Phi) is 2.26. The lowest BCUT2D eigenvalue weighted by atomic mass is 10.2. The quantitative estimate of drug-likeness (QED) is 0.823. The van der Waals surface area contributed by atoms with Gasteiger partial charge in [-0.3, -0.25) is 9.36 Å². The summed E-state index contributed by atoms with van der Waals surface area (Å²) < 4.78 is 15.2. The molecule has 94 valence electrons. The van der Waals surface area contributed by atoms with E-state index < -0.39 is 5.82 Å². The summed E-state index contributed by atoms with van der Waals surface area (Å²) in [6, 6.07) is 4.29. The topological polar surface area (TPSA) is 64.2 Å². The van der Waals surface area contributed by atoms with Crippen LogP contribution in [0.5, 0.6) is 0 Å². The van der Waals surface area contributed by atoms with Crippen LogP contribution in [-0.2, 0) is 4.79 Å². The zero-order valence-corrected chi connectivity index (χ0v) is 9.93. The lowest BCUT2D eigenvalue weighted by Gasteiger charge is -2.13. The molecule has 6 heteroatoms. The zero-order valence-electron chi connectivity index (χ0n) is 9.93. The largest absolute Gasteiger partial charge is 0.369 e. The van der Waals surface area contributed by atoms with Crippen LogP contribution in [0.15, 0.2) is 18.2 Å². The molecule has 2 N–H and O–H groups in total. The van der Waals surface area contributed by atoms with Gasteiger partial charge in [-0.2, -0.15) is 0 Å². The molecule has 1 aromatic heterocycles. The standard InChI is InChI=1S/C12H13FN4O/c1-16-6-5-9(11(16)18)17-8-4-2-3-7(13)10(8)15-12(17)14/h2-4,9H,5-6H2,1H3,(H2,14,15). The van der Waals surface area contributed by atoms with Crippen LogP contribution in [0, 0.1) is 5.82 Å². The van der Waals surface area contributed by atoms with Gasteiger partial charge >= 0.3 is 0 Å². The number of fused-ring (bicyclic) bond motifs is 1. The number of nitrogen functional groups attached to an aromatic ring is 1. The van der Waals surface area contributed by atoms with E-state index in [1.165, 1.54) is 6.07 Å². The maximum Gasteiger partial charge on any atom is 0.245 e. The van der Waals surface area contributed by atoms with Crippen molar-refractivity contribution in [1.29, 1.82) is 0 Å². The molecule has 1 amide bonds. The van der Waals surface area contributed by atoms with Gasteiger partial charge in [0, 0.05) is 13.6 Å². The van der Waals surface area contributed by atoms with Gasteiger partial charge in [0.15, 0.2) is 5.82 Å². The number of anilines is 1. The second kappa shape index (κ2) is 3.69. The summed E-state index contributed by atoms with van der Waals surface area (Å²) in [6.45, 7) is 0.679. The molecule has 0 radical (unpaired) electrons. The van der Waals surface area contributed by atoms with Gasteiger partial charge in [0.25, 0.3) is 0 Å². The third-order valence-electron chi connectivity index (χ3n) is 3.41. The number of benzene rings is 1. The summed E-state index contributed by atoms with van der Waals surface area (Å²) in [5.41, 5.74) is 6.61. The lowest BCUT2D eigenvalue weighted by Crippen LogP contribution is -2.25. The molecule has 5 nitrogen and oxygen atoms in total. The third kappa shape index (κ3) is 1.38. The van der Waals surface area contributed by atoms with Gasteiger partial charge in [0.1, 0.15) is 11.6 Å². The summed E-state index contributed by atoms with van der Waals surface area (Å²) in [4.78, 5) is 17.7. The maximum absolute atomic E-state index is 13.6. The summed E-state index contributed by atoms with van der Waals surface area (Å²) >= 11 is 0. The van der Waals surface area contributed by atoms with Crippen LogP contribution < -0.4 is 5.73 Å². The smallest absolute Gasteiger partial charge is 0.245 e. The average Bonchev–Trinajstić information content (AvgIpc) is 2.83. The molecule has 1 aliphatic heterocycles. The Morgan fingerprint density at radius 3 is 2.94 bits per heavy atom. The van der Waals surface area contributed by atoms with E-state index in [0.717, 1.165) is 0 Å². The monoisotopic (exact) mass is 248 g/mol. The Labute approximate surface area is 103 Å². The lowest BCUT2D eigenvalue weighted by molar-refractivity contribution is -0.129. The van der Waals surface area contributed by atoms with Crippen LogP contribution in [0.4, 0.5) is 10.3 Å². The molecule has 0 spiro atoms. The Morgan fingerprint density at radius 2 is 2.28 bits per heavy atom. The Balaban J connectivity index is 2.21. The molecule has 0 saturated carbocycles. The number of likely N-dealkylation sites (N-methyl/N-ethyl adjacent to an activating group) is 1. The summed E-state index contributed by atoms with van der Waals surface area (Å²) in [7, 11) is 1.75. The van der Waals surface area contributed by atoms with Crippen LogP contribution in [0.2, 0.25) is 0 Å². The van der Waals surface area contributed by atoms with Crippen LogP contribution in [0.3, 0.4) is 0 Å². The van der Waals surface area contributed by atoms with E-state index in [0.29, 0.717) is 18.5 Å². The Hall–Kier alpha value is -2.11. The minimum absolute atomic E-state index is 0.00902. The highest BCUT2D eigenvalue weighted by Crippen LogP contribution is 2.30. The molecule has 18 heavy (non-hydrogen) atoms. The summed E-state index contributed by atoms with van der Waals surface area (Å²) in [6.07, 6.45) is 0.668. The van der Waals surface area contributed by atoms with E-state index in [2.05, 4.69) is 4.98 Å². The molecule has 0 aliphatic carbocycles. The van der Waals surface area contributed by atoms with Crippen molar-refractivity contribution in [3.05, 3.63) is 24.0 Å². The molecule has 1 aromatic carbocycles. The predicted molar refractivity (Wildman–Crippen MR) is 65.4 cm³/mol. The highest BCUT2D eigenvalue weighted by molar-refractivity contribution is 5.87. The van der Waals surface area contributed by atoms with E-state index >= 15 is 0 Å². The number of imidazole rings is 1. The van der Waals surface area contributed by atoms with Crippen molar-refractivity contribution in [3.63, 3.8) is 0 Å². The first-order chi connectivity index (χ1) is 8.59. The fourth-order valence-corrected chi connectivity index (χ4v) is 2.47. The first-order valence-corrected chi connectivity index (χ1v) is 5.76. The van der Waals surface area contributed by atoms with Gasteiger partial charge in [-0.25, -0.2) is 9.37 Å². The van der Waals surface area contributed by atoms with Gasteiger partial charge < -0.3 is 10.6 Å². The molecular weight excluding hydrogens is 235 g/mol. The molecular formula is C12H13FN4O. The first-order valence-electron chi connectivity index (χ1n) is 5.76. The SMILES string of the molecule is CN1CCC(n2c(N)nc3c(F)cccc32)C1=O. The normalized spacial score (nSPS) is 20.0. The van der Waals surface area contributed by atoms with Crippen molar-refractivity contribution in [2.24, 2.45) is 0 Å². The van der Waals surface area contributed by atoms with E-state index in [1.807, 2.05) is 0 Å². The fraction of sp³-hybridized carbons (Fsp3) is 0.333. The zero-order chi connectivity index (χ0) is 12.9. The van der Waals surface area contributed by atoms with E-state index in [1.54, 1.807) is 28.6 Å². The van der Waals surface area contributed by atoms with Gasteiger partial charge in [-0.05, 0) is 18.6 Å². The molecule has 3 rings (SSSR count). The number of carbonyl (C=O) groups is 1. The Bertz CT molecular complexity index is 636. The number of hydrogen-bond acceptors (Lipinski definition) is 3. The number of aromatic nitrogens is 2. The molecule has 1 saturated heterocycles. The van der Waals surface area contributed by atoms with Crippen molar-refractivity contribution in [1.82, 2.24) is 14.5 Å². The number of amides is 1. The first kappa shape index (κ1) is 11.0. The fourth-order valence-electron chi connectivity index (χ4n) is 2.47. The number of halogens is 1. The van der Waals surface area contributed by atoms with Crippen molar-refractivity contribution in [3.8, 4) is 0 Å². The molecule has 1 fully saturated rings. The minimum Gasteiger partial charge on any atom is -0.369 e. The van der Waals surface area contributed by atoms with Gasteiger partial charge in [0.05, 0.1) is 5.52 Å². The number of rotatable bonds is 1. The molecule has 0 bridgehead atoms. The maximum atomic E-state index is 13.6. The van der Waals surface area contributed by atoms with E-state index in [9.17, 15) is 9.18 Å². The summed E-state index contributed by atoms with van der Waals surface area (Å²) in [5, 5.41) is 0. The van der Waals surface area contributed by atoms with E-state index in [4.69, 9.17) is 5.73 Å². The van der Waals surface area contributed by atoms with Crippen LogP contribution in [-0.4, -0.2) is 34.0 Å². The molecule has 1 atom stereocenters. The summed E-state index contributed by atoms with van der Waals surface area (Å²) in [5.74, 6) is -0.245. The third-order valence-corrected chi connectivity index (χ3v) is 3.41. The second-order valence-corrected chi connectivity index (χ2v) is 4.51. The number of nitrogens with zero attached hydrogens (tertiary/aromatic N) is 3. The van der Waals surface area contributed by atoms with E-state index in [-0.39, 0.29) is 23.4 Å². The number of nitrogens with two attached hydrogens (primary N) is 1. The van der Waals surface area contributed by atoms with Crippen LogP contribution >= 0.6 is 0 Å².